The highest BCUT2D eigenvalue weighted by atomic mass is 16.6. The predicted octanol–water partition coefficient (Wildman–Crippen LogP) is 4.22. The SMILES string of the molecule is CC(C)=CCC/C(C)=C/COc1cccc2c1OC(=O)C2. The van der Waals surface area contributed by atoms with E-state index < -0.39 is 0 Å². The van der Waals surface area contributed by atoms with Crippen LogP contribution in [0.3, 0.4) is 0 Å². The number of benzene rings is 1. The molecule has 1 aromatic carbocycles. The Bertz CT molecular complexity index is 578. The van der Waals surface area contributed by atoms with Crippen LogP contribution in [0.2, 0.25) is 0 Å². The van der Waals surface area contributed by atoms with Crippen molar-refractivity contribution in [3.63, 3.8) is 0 Å². The van der Waals surface area contributed by atoms with Gasteiger partial charge in [0.25, 0.3) is 0 Å². The molecule has 0 aliphatic carbocycles. The molecule has 1 aromatic rings. The summed E-state index contributed by atoms with van der Waals surface area (Å²) in [6, 6.07) is 5.62. The van der Waals surface area contributed by atoms with Gasteiger partial charge in [0, 0.05) is 5.56 Å². The number of carbonyl (C=O) groups is 1. The molecule has 1 aliphatic heterocycles. The Labute approximate surface area is 126 Å². The Balaban J connectivity index is 1.88. The Morgan fingerprint density at radius 3 is 2.86 bits per heavy atom. The van der Waals surface area contributed by atoms with Gasteiger partial charge in [0.05, 0.1) is 6.42 Å². The van der Waals surface area contributed by atoms with Crippen LogP contribution in [-0.2, 0) is 11.2 Å². The molecule has 0 aromatic heterocycles. The number of para-hydroxylation sites is 1. The third kappa shape index (κ3) is 4.48. The number of allylic oxidation sites excluding steroid dienone is 3. The van der Waals surface area contributed by atoms with Crippen molar-refractivity contribution in [2.75, 3.05) is 6.61 Å². The third-order valence-corrected chi connectivity index (χ3v) is 3.37. The molecule has 2 rings (SSSR count). The summed E-state index contributed by atoms with van der Waals surface area (Å²) in [6.45, 7) is 6.82. The minimum Gasteiger partial charge on any atom is -0.486 e. The zero-order chi connectivity index (χ0) is 15.2. The van der Waals surface area contributed by atoms with Crippen molar-refractivity contribution >= 4 is 5.97 Å². The number of esters is 1. The van der Waals surface area contributed by atoms with Crippen molar-refractivity contribution in [3.05, 3.63) is 47.1 Å². The number of rotatable bonds is 6. The molecular formula is C18H22O3. The summed E-state index contributed by atoms with van der Waals surface area (Å²) in [7, 11) is 0. The Kier molecular flexibility index (Phi) is 5.20. The maximum atomic E-state index is 11.3. The van der Waals surface area contributed by atoms with Crippen LogP contribution in [0.5, 0.6) is 11.5 Å². The first kappa shape index (κ1) is 15.4. The van der Waals surface area contributed by atoms with E-state index in [0.29, 0.717) is 24.5 Å². The second-order valence-electron chi connectivity index (χ2n) is 5.58. The van der Waals surface area contributed by atoms with Gasteiger partial charge in [-0.25, -0.2) is 0 Å². The van der Waals surface area contributed by atoms with Crippen molar-refractivity contribution in [1.29, 1.82) is 0 Å². The first-order chi connectivity index (χ1) is 10.1. The van der Waals surface area contributed by atoms with Gasteiger partial charge in [0.2, 0.25) is 0 Å². The molecule has 0 radical (unpaired) electrons. The molecule has 1 aliphatic rings. The molecule has 112 valence electrons. The second kappa shape index (κ2) is 7.11. The smallest absolute Gasteiger partial charge is 0.315 e. The Morgan fingerprint density at radius 2 is 2.10 bits per heavy atom. The van der Waals surface area contributed by atoms with Crippen LogP contribution in [0.25, 0.3) is 0 Å². The maximum absolute atomic E-state index is 11.3. The van der Waals surface area contributed by atoms with Gasteiger partial charge in [-0.2, -0.15) is 0 Å². The lowest BCUT2D eigenvalue weighted by molar-refractivity contribution is -0.131. The van der Waals surface area contributed by atoms with Crippen LogP contribution >= 0.6 is 0 Å². The Hall–Kier alpha value is -2.03. The lowest BCUT2D eigenvalue weighted by atomic mass is 10.1. The van der Waals surface area contributed by atoms with E-state index in [4.69, 9.17) is 9.47 Å². The van der Waals surface area contributed by atoms with Gasteiger partial charge in [-0.1, -0.05) is 29.4 Å². The van der Waals surface area contributed by atoms with E-state index in [0.717, 1.165) is 18.4 Å². The summed E-state index contributed by atoms with van der Waals surface area (Å²) in [5.41, 5.74) is 3.56. The fraction of sp³-hybridized carbons (Fsp3) is 0.389. The third-order valence-electron chi connectivity index (χ3n) is 3.37. The van der Waals surface area contributed by atoms with Crippen molar-refractivity contribution in [1.82, 2.24) is 0 Å². The topological polar surface area (TPSA) is 35.5 Å². The van der Waals surface area contributed by atoms with E-state index in [9.17, 15) is 4.79 Å². The molecular weight excluding hydrogens is 264 g/mol. The molecule has 0 N–H and O–H groups in total. The minimum atomic E-state index is -0.213. The van der Waals surface area contributed by atoms with Gasteiger partial charge in [0.15, 0.2) is 11.5 Å². The summed E-state index contributed by atoms with van der Waals surface area (Å²) < 4.78 is 10.9. The quantitative estimate of drug-likeness (QED) is 0.446. The molecule has 3 nitrogen and oxygen atoms in total. The first-order valence-corrected chi connectivity index (χ1v) is 7.30. The highest BCUT2D eigenvalue weighted by Crippen LogP contribution is 2.35. The van der Waals surface area contributed by atoms with Crippen molar-refractivity contribution in [3.8, 4) is 11.5 Å². The maximum Gasteiger partial charge on any atom is 0.315 e. The monoisotopic (exact) mass is 286 g/mol. The Morgan fingerprint density at radius 1 is 1.29 bits per heavy atom. The summed E-state index contributed by atoms with van der Waals surface area (Å²) in [5, 5.41) is 0. The zero-order valence-corrected chi connectivity index (χ0v) is 12.9. The molecule has 0 amide bonds. The number of carbonyl (C=O) groups excluding carboxylic acids is 1. The fourth-order valence-electron chi connectivity index (χ4n) is 2.20. The lowest BCUT2D eigenvalue weighted by Gasteiger charge is -2.08. The number of fused-ring (bicyclic) bond motifs is 1. The van der Waals surface area contributed by atoms with Crippen LogP contribution in [0.15, 0.2) is 41.5 Å². The van der Waals surface area contributed by atoms with Crippen LogP contribution < -0.4 is 9.47 Å². The second-order valence-corrected chi connectivity index (χ2v) is 5.58. The molecule has 0 atom stereocenters. The van der Waals surface area contributed by atoms with Gasteiger partial charge in [0.1, 0.15) is 6.61 Å². The largest absolute Gasteiger partial charge is 0.486 e. The number of hydrogen-bond acceptors (Lipinski definition) is 3. The van der Waals surface area contributed by atoms with Crippen LogP contribution in [0.1, 0.15) is 39.2 Å². The summed E-state index contributed by atoms with van der Waals surface area (Å²) in [5.74, 6) is 1.01. The van der Waals surface area contributed by atoms with Crippen LogP contribution in [0.4, 0.5) is 0 Å². The van der Waals surface area contributed by atoms with Crippen LogP contribution in [-0.4, -0.2) is 12.6 Å². The average molecular weight is 286 g/mol. The highest BCUT2D eigenvalue weighted by molar-refractivity contribution is 5.82. The molecule has 0 fully saturated rings. The molecule has 0 unspecified atom stereocenters. The molecule has 1 heterocycles. The van der Waals surface area contributed by atoms with Crippen molar-refractivity contribution in [2.24, 2.45) is 0 Å². The first-order valence-electron chi connectivity index (χ1n) is 7.30. The van der Waals surface area contributed by atoms with Crippen molar-refractivity contribution in [2.45, 2.75) is 40.0 Å². The molecule has 0 bridgehead atoms. The minimum absolute atomic E-state index is 0.213. The van der Waals surface area contributed by atoms with Crippen molar-refractivity contribution < 1.29 is 14.3 Å². The highest BCUT2D eigenvalue weighted by Gasteiger charge is 2.23. The lowest BCUT2D eigenvalue weighted by Crippen LogP contribution is -2.01. The standard InChI is InChI=1S/C18H22O3/c1-13(2)6-4-7-14(3)10-11-20-16-9-5-8-15-12-17(19)21-18(15)16/h5-6,8-10H,4,7,11-12H2,1-3H3/b14-10+. The molecule has 0 saturated carbocycles. The van der Waals surface area contributed by atoms with E-state index in [-0.39, 0.29) is 5.97 Å². The van der Waals surface area contributed by atoms with E-state index in [1.54, 1.807) is 0 Å². The molecule has 0 spiro atoms. The zero-order valence-electron chi connectivity index (χ0n) is 12.9. The number of ether oxygens (including phenoxy) is 2. The van der Waals surface area contributed by atoms with Crippen LogP contribution in [0, 0.1) is 0 Å². The van der Waals surface area contributed by atoms with E-state index in [1.165, 1.54) is 11.1 Å². The van der Waals surface area contributed by atoms with Gasteiger partial charge < -0.3 is 9.47 Å². The van der Waals surface area contributed by atoms with Gasteiger partial charge in [-0.3, -0.25) is 4.79 Å². The predicted molar refractivity (Wildman–Crippen MR) is 83.7 cm³/mol. The van der Waals surface area contributed by atoms with E-state index >= 15 is 0 Å². The van der Waals surface area contributed by atoms with Gasteiger partial charge >= 0.3 is 5.97 Å². The summed E-state index contributed by atoms with van der Waals surface area (Å²) in [6.07, 6.45) is 6.75. The molecule has 0 saturated heterocycles. The molecule has 21 heavy (non-hydrogen) atoms. The average Bonchev–Trinajstić information content (AvgIpc) is 2.79. The summed E-state index contributed by atoms with van der Waals surface area (Å²) >= 11 is 0. The van der Waals surface area contributed by atoms with Gasteiger partial charge in [-0.05, 0) is 45.8 Å². The summed E-state index contributed by atoms with van der Waals surface area (Å²) in [4.78, 5) is 11.3. The number of hydrogen-bond donors (Lipinski definition) is 0. The van der Waals surface area contributed by atoms with E-state index in [1.807, 2.05) is 18.2 Å². The normalized spacial score (nSPS) is 13.7. The van der Waals surface area contributed by atoms with Gasteiger partial charge in [-0.15, -0.1) is 0 Å². The van der Waals surface area contributed by atoms with E-state index in [2.05, 4.69) is 32.9 Å². The molecule has 3 heteroatoms. The fourth-order valence-corrected chi connectivity index (χ4v) is 2.20.